The first kappa shape index (κ1) is 19.1. The Hall–Kier alpha value is -3.21. The van der Waals surface area contributed by atoms with Crippen molar-refractivity contribution in [1.29, 1.82) is 0 Å². The molecule has 26 heavy (non-hydrogen) atoms. The van der Waals surface area contributed by atoms with Gasteiger partial charge >= 0.3 is 5.97 Å². The first-order valence-electron chi connectivity index (χ1n) is 8.23. The smallest absolute Gasteiger partial charge is 0.356 e. The molecule has 0 aromatic heterocycles. The summed E-state index contributed by atoms with van der Waals surface area (Å²) in [6, 6.07) is 17.8. The summed E-state index contributed by atoms with van der Waals surface area (Å²) >= 11 is 0. The number of allylic oxidation sites excluding steroid dienone is 1. The van der Waals surface area contributed by atoms with Crippen molar-refractivity contribution in [2.75, 3.05) is 0 Å². The van der Waals surface area contributed by atoms with Gasteiger partial charge in [-0.05, 0) is 5.56 Å². The van der Waals surface area contributed by atoms with Crippen LogP contribution in [-0.2, 0) is 9.59 Å². The zero-order chi connectivity index (χ0) is 19.2. The SMILES string of the molecule is CC(C)(C)C(=O)/C=C(/N/N=C(/C(=O)O)c1ccccc1)c1ccccc1. The van der Waals surface area contributed by atoms with Crippen molar-refractivity contribution in [3.63, 3.8) is 0 Å². The number of ketones is 1. The second kappa shape index (κ2) is 8.25. The van der Waals surface area contributed by atoms with E-state index in [2.05, 4.69) is 10.5 Å². The van der Waals surface area contributed by atoms with Crippen molar-refractivity contribution in [3.05, 3.63) is 77.9 Å². The quantitative estimate of drug-likeness (QED) is 0.473. The Morgan fingerprint density at radius 1 is 0.923 bits per heavy atom. The molecule has 5 heteroatoms. The van der Waals surface area contributed by atoms with Crippen LogP contribution in [0.1, 0.15) is 31.9 Å². The summed E-state index contributed by atoms with van der Waals surface area (Å²) in [5.41, 5.74) is 3.74. The molecular formula is C21H22N2O3. The van der Waals surface area contributed by atoms with E-state index in [4.69, 9.17) is 0 Å². The van der Waals surface area contributed by atoms with E-state index in [1.165, 1.54) is 6.08 Å². The Bertz CT molecular complexity index is 833. The minimum Gasteiger partial charge on any atom is -0.476 e. The predicted molar refractivity (Wildman–Crippen MR) is 103 cm³/mol. The lowest BCUT2D eigenvalue weighted by atomic mass is 9.90. The normalized spacial score (nSPS) is 12.6. The van der Waals surface area contributed by atoms with Crippen LogP contribution in [-0.4, -0.2) is 22.6 Å². The molecule has 2 rings (SSSR count). The van der Waals surface area contributed by atoms with Crippen molar-refractivity contribution in [2.45, 2.75) is 20.8 Å². The molecule has 134 valence electrons. The highest BCUT2D eigenvalue weighted by molar-refractivity contribution is 6.42. The summed E-state index contributed by atoms with van der Waals surface area (Å²) in [4.78, 5) is 24.0. The lowest BCUT2D eigenvalue weighted by Crippen LogP contribution is -2.22. The number of carboxylic acid groups (broad SMARTS) is 1. The second-order valence-corrected chi connectivity index (χ2v) is 6.78. The summed E-state index contributed by atoms with van der Waals surface area (Å²) in [5, 5.41) is 13.5. The number of carboxylic acids is 1. The molecule has 0 atom stereocenters. The number of nitrogens with one attached hydrogen (secondary N) is 1. The molecular weight excluding hydrogens is 328 g/mol. The van der Waals surface area contributed by atoms with Gasteiger partial charge in [0.15, 0.2) is 11.5 Å². The third kappa shape index (κ3) is 5.14. The lowest BCUT2D eigenvalue weighted by molar-refractivity contribution is -0.129. The Kier molecular flexibility index (Phi) is 6.07. The highest BCUT2D eigenvalue weighted by atomic mass is 16.4. The molecule has 0 amide bonds. The number of hydrogen-bond acceptors (Lipinski definition) is 4. The van der Waals surface area contributed by atoms with Crippen LogP contribution in [0.3, 0.4) is 0 Å². The lowest BCUT2D eigenvalue weighted by Gasteiger charge is -2.15. The van der Waals surface area contributed by atoms with Gasteiger partial charge in [0, 0.05) is 17.1 Å². The summed E-state index contributed by atoms with van der Waals surface area (Å²) in [5.74, 6) is -1.24. The van der Waals surface area contributed by atoms with Gasteiger partial charge in [-0.3, -0.25) is 10.2 Å². The first-order valence-corrected chi connectivity index (χ1v) is 8.23. The van der Waals surface area contributed by atoms with E-state index in [-0.39, 0.29) is 11.5 Å². The van der Waals surface area contributed by atoms with Crippen molar-refractivity contribution < 1.29 is 14.7 Å². The summed E-state index contributed by atoms with van der Waals surface area (Å²) in [6.07, 6.45) is 1.46. The fraction of sp³-hybridized carbons (Fsp3) is 0.190. The van der Waals surface area contributed by atoms with Gasteiger partial charge < -0.3 is 5.11 Å². The molecule has 0 aliphatic carbocycles. The van der Waals surface area contributed by atoms with Crippen molar-refractivity contribution >= 4 is 23.2 Å². The number of carbonyl (C=O) groups excluding carboxylic acids is 1. The highest BCUT2D eigenvalue weighted by Crippen LogP contribution is 2.19. The molecule has 2 aromatic carbocycles. The molecule has 0 radical (unpaired) electrons. The topological polar surface area (TPSA) is 78.8 Å². The van der Waals surface area contributed by atoms with Gasteiger partial charge in [-0.1, -0.05) is 81.4 Å². The predicted octanol–water partition coefficient (Wildman–Crippen LogP) is 3.72. The zero-order valence-electron chi connectivity index (χ0n) is 15.1. The maximum atomic E-state index is 12.4. The van der Waals surface area contributed by atoms with Crippen molar-refractivity contribution in [2.24, 2.45) is 10.5 Å². The third-order valence-electron chi connectivity index (χ3n) is 3.64. The van der Waals surface area contributed by atoms with Gasteiger partial charge in [-0.2, -0.15) is 5.10 Å². The highest BCUT2D eigenvalue weighted by Gasteiger charge is 2.20. The Morgan fingerprint density at radius 2 is 1.42 bits per heavy atom. The van der Waals surface area contributed by atoms with Gasteiger partial charge in [-0.15, -0.1) is 0 Å². The van der Waals surface area contributed by atoms with Crippen LogP contribution >= 0.6 is 0 Å². The molecule has 0 spiro atoms. The van der Waals surface area contributed by atoms with Crippen molar-refractivity contribution in [3.8, 4) is 0 Å². The fourth-order valence-electron chi connectivity index (χ4n) is 2.09. The molecule has 0 bridgehead atoms. The van der Waals surface area contributed by atoms with Crippen molar-refractivity contribution in [1.82, 2.24) is 5.43 Å². The number of aliphatic carboxylic acids is 1. The fourth-order valence-corrected chi connectivity index (χ4v) is 2.09. The van der Waals surface area contributed by atoms with Gasteiger partial charge in [-0.25, -0.2) is 4.79 Å². The molecule has 0 unspecified atom stereocenters. The number of rotatable bonds is 6. The average Bonchev–Trinajstić information content (AvgIpc) is 2.61. The zero-order valence-corrected chi connectivity index (χ0v) is 15.1. The van der Waals surface area contributed by atoms with Crippen LogP contribution in [0.15, 0.2) is 71.8 Å². The molecule has 0 fully saturated rings. The van der Waals surface area contributed by atoms with Gasteiger partial charge in [0.1, 0.15) is 0 Å². The molecule has 0 aliphatic heterocycles. The third-order valence-corrected chi connectivity index (χ3v) is 3.64. The van der Waals surface area contributed by atoms with E-state index in [1.54, 1.807) is 30.3 Å². The van der Waals surface area contributed by atoms with E-state index < -0.39 is 11.4 Å². The Balaban J connectivity index is 2.42. The van der Waals surface area contributed by atoms with Crippen LogP contribution < -0.4 is 5.43 Å². The van der Waals surface area contributed by atoms with E-state index in [0.717, 1.165) is 5.56 Å². The molecule has 5 nitrogen and oxygen atoms in total. The summed E-state index contributed by atoms with van der Waals surface area (Å²) in [7, 11) is 0. The molecule has 2 N–H and O–H groups in total. The Morgan fingerprint density at radius 3 is 1.88 bits per heavy atom. The van der Waals surface area contributed by atoms with Crippen LogP contribution in [0, 0.1) is 5.41 Å². The number of hydrogen-bond donors (Lipinski definition) is 2. The number of nitrogens with zero attached hydrogens (tertiary/aromatic N) is 1. The van der Waals surface area contributed by atoms with E-state index >= 15 is 0 Å². The monoisotopic (exact) mass is 350 g/mol. The summed E-state index contributed by atoms with van der Waals surface area (Å²) < 4.78 is 0. The van der Waals surface area contributed by atoms with Gasteiger partial charge in [0.2, 0.25) is 0 Å². The molecule has 0 saturated carbocycles. The Labute approximate surface area is 153 Å². The first-order chi connectivity index (χ1) is 12.3. The maximum Gasteiger partial charge on any atom is 0.356 e. The minimum absolute atomic E-state index is 0.0874. The standard InChI is InChI=1S/C21H22N2O3/c1-21(2,3)18(24)14-17(15-10-6-4-7-11-15)22-23-19(20(25)26)16-12-8-5-9-13-16/h4-14,22H,1-3H3,(H,25,26)/b17-14+,23-19+. The van der Waals surface area contributed by atoms with Crippen LogP contribution in [0.25, 0.3) is 5.70 Å². The van der Waals surface area contributed by atoms with E-state index in [9.17, 15) is 14.7 Å². The van der Waals surface area contributed by atoms with Crippen LogP contribution in [0.5, 0.6) is 0 Å². The second-order valence-electron chi connectivity index (χ2n) is 6.78. The maximum absolute atomic E-state index is 12.4. The van der Waals surface area contributed by atoms with Gasteiger partial charge in [0.05, 0.1) is 5.70 Å². The van der Waals surface area contributed by atoms with E-state index in [0.29, 0.717) is 11.3 Å². The summed E-state index contributed by atoms with van der Waals surface area (Å²) in [6.45, 7) is 5.47. The minimum atomic E-state index is -1.15. The number of benzene rings is 2. The number of carbonyl (C=O) groups is 2. The number of hydrazone groups is 1. The van der Waals surface area contributed by atoms with Gasteiger partial charge in [0.25, 0.3) is 0 Å². The van der Waals surface area contributed by atoms with Crippen LogP contribution in [0.4, 0.5) is 0 Å². The largest absolute Gasteiger partial charge is 0.476 e. The van der Waals surface area contributed by atoms with E-state index in [1.807, 2.05) is 51.1 Å². The molecule has 2 aromatic rings. The van der Waals surface area contributed by atoms with Crippen LogP contribution in [0.2, 0.25) is 0 Å². The molecule has 0 heterocycles. The molecule has 0 aliphatic rings. The average molecular weight is 350 g/mol. The molecule has 0 saturated heterocycles.